The van der Waals surface area contributed by atoms with Crippen LogP contribution in [0.1, 0.15) is 36.1 Å². The highest BCUT2D eigenvalue weighted by Gasteiger charge is 2.37. The highest BCUT2D eigenvalue weighted by atomic mass is 19.1. The van der Waals surface area contributed by atoms with E-state index in [-0.39, 0.29) is 17.5 Å². The summed E-state index contributed by atoms with van der Waals surface area (Å²) in [6.45, 7) is 4.72. The fourth-order valence-corrected chi connectivity index (χ4v) is 4.11. The summed E-state index contributed by atoms with van der Waals surface area (Å²) in [5, 5.41) is 3.37. The predicted octanol–water partition coefficient (Wildman–Crippen LogP) is 3.53. The van der Waals surface area contributed by atoms with Crippen molar-refractivity contribution < 1.29 is 9.13 Å². The van der Waals surface area contributed by atoms with Crippen LogP contribution in [0.5, 0.6) is 0 Å². The Hall–Kier alpha value is -2.40. The van der Waals surface area contributed by atoms with Gasteiger partial charge < -0.3 is 15.0 Å². The van der Waals surface area contributed by atoms with Crippen molar-refractivity contribution in [2.45, 2.75) is 31.4 Å². The van der Waals surface area contributed by atoms with Crippen LogP contribution in [-0.2, 0) is 11.2 Å². The Kier molecular flexibility index (Phi) is 4.87. The second-order valence-corrected chi connectivity index (χ2v) is 7.58. The molecule has 0 saturated carbocycles. The normalized spacial score (nSPS) is 25.4. The van der Waals surface area contributed by atoms with Gasteiger partial charge in [0.05, 0.1) is 6.04 Å². The van der Waals surface area contributed by atoms with Gasteiger partial charge >= 0.3 is 0 Å². The fourth-order valence-electron chi connectivity index (χ4n) is 4.11. The number of ether oxygens (including phenoxy) is 1. The standard InChI is InChI=1S/C22H26FN3O/c1-22(12-13-25-15-22)27-21(24-2)26-14-11-16-5-3-4-6-19(16)20(26)17-7-9-18(23)10-8-17/h3-10,20,25H,11-15H2,1-2H3/b24-21-/t20-,22+/m0/s1. The van der Waals surface area contributed by atoms with Gasteiger partial charge in [-0.2, -0.15) is 0 Å². The minimum absolute atomic E-state index is 0.0350. The van der Waals surface area contributed by atoms with Gasteiger partial charge in [0, 0.05) is 26.6 Å². The third-order valence-electron chi connectivity index (χ3n) is 5.57. The van der Waals surface area contributed by atoms with Crippen molar-refractivity contribution in [3.63, 3.8) is 0 Å². The number of hydrogen-bond donors (Lipinski definition) is 1. The number of halogens is 1. The van der Waals surface area contributed by atoms with Crippen LogP contribution in [0.2, 0.25) is 0 Å². The lowest BCUT2D eigenvalue weighted by molar-refractivity contribution is 0.0639. The van der Waals surface area contributed by atoms with Crippen molar-refractivity contribution in [3.05, 3.63) is 71.0 Å². The van der Waals surface area contributed by atoms with Gasteiger partial charge in [0.1, 0.15) is 11.4 Å². The van der Waals surface area contributed by atoms with E-state index >= 15 is 0 Å². The third-order valence-corrected chi connectivity index (χ3v) is 5.57. The van der Waals surface area contributed by atoms with E-state index in [1.807, 2.05) is 12.1 Å². The molecule has 1 saturated heterocycles. The number of fused-ring (bicyclic) bond motifs is 1. The molecule has 0 spiro atoms. The molecule has 0 aromatic heterocycles. The largest absolute Gasteiger partial charge is 0.457 e. The van der Waals surface area contributed by atoms with Crippen molar-refractivity contribution >= 4 is 6.02 Å². The SMILES string of the molecule is C/N=C(\O[C@]1(C)CCNC1)N1CCc2ccccc2[C@@H]1c1ccc(F)cc1. The first kappa shape index (κ1) is 18.0. The summed E-state index contributed by atoms with van der Waals surface area (Å²) < 4.78 is 19.9. The van der Waals surface area contributed by atoms with E-state index < -0.39 is 0 Å². The molecule has 0 amide bonds. The Labute approximate surface area is 160 Å². The van der Waals surface area contributed by atoms with E-state index in [4.69, 9.17) is 4.74 Å². The molecule has 2 atom stereocenters. The molecule has 1 N–H and O–H groups in total. The average Bonchev–Trinajstić information content (AvgIpc) is 3.12. The van der Waals surface area contributed by atoms with E-state index in [1.54, 1.807) is 7.05 Å². The number of amidine groups is 1. The van der Waals surface area contributed by atoms with Gasteiger partial charge in [-0.15, -0.1) is 0 Å². The van der Waals surface area contributed by atoms with Crippen molar-refractivity contribution in [1.82, 2.24) is 10.2 Å². The molecule has 1 fully saturated rings. The number of aliphatic imine (C=N–C) groups is 1. The molecule has 5 heteroatoms. The van der Waals surface area contributed by atoms with Crippen LogP contribution >= 0.6 is 0 Å². The molecule has 2 heterocycles. The molecule has 0 unspecified atom stereocenters. The summed E-state index contributed by atoms with van der Waals surface area (Å²) in [7, 11) is 1.78. The average molecular weight is 367 g/mol. The van der Waals surface area contributed by atoms with E-state index in [9.17, 15) is 4.39 Å². The molecule has 2 aromatic rings. The number of hydrogen-bond acceptors (Lipinski definition) is 3. The summed E-state index contributed by atoms with van der Waals surface area (Å²) in [4.78, 5) is 6.73. The summed E-state index contributed by atoms with van der Waals surface area (Å²) in [6, 6.07) is 15.9. The number of nitrogens with one attached hydrogen (secondary N) is 1. The molecule has 2 aromatic carbocycles. The van der Waals surface area contributed by atoms with Crippen molar-refractivity contribution in [2.75, 3.05) is 26.7 Å². The van der Waals surface area contributed by atoms with Gasteiger partial charge in [0.25, 0.3) is 6.02 Å². The highest BCUT2D eigenvalue weighted by Crippen LogP contribution is 2.36. The lowest BCUT2D eigenvalue weighted by Gasteiger charge is -2.41. The number of rotatable bonds is 2. The molecule has 0 bridgehead atoms. The molecule has 0 radical (unpaired) electrons. The fraction of sp³-hybridized carbons (Fsp3) is 0.409. The van der Waals surface area contributed by atoms with E-state index in [1.165, 1.54) is 23.3 Å². The zero-order valence-corrected chi connectivity index (χ0v) is 15.9. The predicted molar refractivity (Wildman–Crippen MR) is 105 cm³/mol. The minimum Gasteiger partial charge on any atom is -0.457 e. The lowest BCUT2D eigenvalue weighted by Crippen LogP contribution is -2.46. The van der Waals surface area contributed by atoms with Crippen LogP contribution in [0.15, 0.2) is 53.5 Å². The van der Waals surface area contributed by atoms with Crippen LogP contribution in [0.4, 0.5) is 4.39 Å². The molecular formula is C22H26FN3O. The zero-order chi connectivity index (χ0) is 18.9. The number of nitrogens with zero attached hydrogens (tertiary/aromatic N) is 2. The molecule has 4 rings (SSSR count). The second-order valence-electron chi connectivity index (χ2n) is 7.58. The second kappa shape index (κ2) is 7.31. The Morgan fingerprint density at radius 1 is 1.22 bits per heavy atom. The van der Waals surface area contributed by atoms with Gasteiger partial charge in [-0.05, 0) is 48.7 Å². The van der Waals surface area contributed by atoms with E-state index in [2.05, 4.69) is 46.4 Å². The molecule has 142 valence electrons. The zero-order valence-electron chi connectivity index (χ0n) is 15.9. The van der Waals surface area contributed by atoms with Crippen LogP contribution in [-0.4, -0.2) is 43.2 Å². The van der Waals surface area contributed by atoms with Crippen molar-refractivity contribution in [1.29, 1.82) is 0 Å². The molecule has 4 nitrogen and oxygen atoms in total. The van der Waals surface area contributed by atoms with Crippen LogP contribution in [0.25, 0.3) is 0 Å². The molecule has 2 aliphatic rings. The summed E-state index contributed by atoms with van der Waals surface area (Å²) in [5.41, 5.74) is 3.35. The van der Waals surface area contributed by atoms with Gasteiger partial charge in [-0.3, -0.25) is 0 Å². The van der Waals surface area contributed by atoms with E-state index in [0.717, 1.165) is 38.0 Å². The smallest absolute Gasteiger partial charge is 0.288 e. The maximum Gasteiger partial charge on any atom is 0.288 e. The highest BCUT2D eigenvalue weighted by molar-refractivity contribution is 5.76. The molecule has 2 aliphatic heterocycles. The molecule has 27 heavy (non-hydrogen) atoms. The third kappa shape index (κ3) is 3.56. The number of benzene rings is 2. The molecule has 0 aliphatic carbocycles. The van der Waals surface area contributed by atoms with E-state index in [0.29, 0.717) is 6.02 Å². The summed E-state index contributed by atoms with van der Waals surface area (Å²) in [5.74, 6) is -0.223. The van der Waals surface area contributed by atoms with Crippen LogP contribution in [0, 0.1) is 5.82 Å². The summed E-state index contributed by atoms with van der Waals surface area (Å²) >= 11 is 0. The van der Waals surface area contributed by atoms with Crippen LogP contribution in [0.3, 0.4) is 0 Å². The summed E-state index contributed by atoms with van der Waals surface area (Å²) in [6.07, 6.45) is 1.89. The van der Waals surface area contributed by atoms with Gasteiger partial charge in [0.15, 0.2) is 0 Å². The van der Waals surface area contributed by atoms with Crippen LogP contribution < -0.4 is 5.32 Å². The Bertz CT molecular complexity index is 828. The quantitative estimate of drug-likeness (QED) is 0.652. The topological polar surface area (TPSA) is 36.9 Å². The lowest BCUT2D eigenvalue weighted by atomic mass is 9.88. The van der Waals surface area contributed by atoms with Crippen molar-refractivity contribution in [2.24, 2.45) is 4.99 Å². The first-order chi connectivity index (χ1) is 13.1. The van der Waals surface area contributed by atoms with Gasteiger partial charge in [-0.1, -0.05) is 36.4 Å². The Morgan fingerprint density at radius 2 is 2.00 bits per heavy atom. The van der Waals surface area contributed by atoms with Gasteiger partial charge in [-0.25, -0.2) is 9.38 Å². The minimum atomic E-state index is -0.251. The maximum atomic E-state index is 13.5. The maximum absolute atomic E-state index is 13.5. The first-order valence-corrected chi connectivity index (χ1v) is 9.56. The first-order valence-electron chi connectivity index (χ1n) is 9.56. The van der Waals surface area contributed by atoms with Gasteiger partial charge in [0.2, 0.25) is 0 Å². The van der Waals surface area contributed by atoms with Crippen molar-refractivity contribution in [3.8, 4) is 0 Å². The molecular weight excluding hydrogens is 341 g/mol. The Balaban J connectivity index is 1.72. The Morgan fingerprint density at radius 3 is 2.70 bits per heavy atom. The monoisotopic (exact) mass is 367 g/mol.